The molecule has 3 aromatic rings. The predicted octanol–water partition coefficient (Wildman–Crippen LogP) is 6.34. The zero-order chi connectivity index (χ0) is 27.8. The van der Waals surface area contributed by atoms with E-state index in [0.717, 1.165) is 59.3 Å². The maximum atomic E-state index is 13.9. The highest BCUT2D eigenvalue weighted by Gasteiger charge is 2.30. The summed E-state index contributed by atoms with van der Waals surface area (Å²) >= 11 is 0. The normalized spacial score (nSPS) is 17.1. The highest BCUT2D eigenvalue weighted by Crippen LogP contribution is 2.31. The Morgan fingerprint density at radius 2 is 1.49 bits per heavy atom. The van der Waals surface area contributed by atoms with Gasteiger partial charge in [-0.3, -0.25) is 4.79 Å². The highest BCUT2D eigenvalue weighted by atomic mass is 16.5. The Balaban J connectivity index is 1.58. The van der Waals surface area contributed by atoms with E-state index in [2.05, 4.69) is 53.4 Å². The quantitative estimate of drug-likeness (QED) is 0.240. The van der Waals surface area contributed by atoms with Crippen molar-refractivity contribution in [1.82, 2.24) is 0 Å². The molecule has 0 N–H and O–H groups in total. The van der Waals surface area contributed by atoms with Crippen molar-refractivity contribution in [2.24, 2.45) is 5.92 Å². The Kier molecular flexibility index (Phi) is 9.55. The van der Waals surface area contributed by atoms with Gasteiger partial charge in [0.05, 0.1) is 19.8 Å². The summed E-state index contributed by atoms with van der Waals surface area (Å²) in [6, 6.07) is 24.6. The number of methoxy groups -OCH3 is 2. The monoisotopic (exact) mass is 526 g/mol. The first-order valence-electron chi connectivity index (χ1n) is 13.4. The van der Waals surface area contributed by atoms with E-state index >= 15 is 0 Å². The van der Waals surface area contributed by atoms with Crippen LogP contribution in [-0.2, 0) is 25.6 Å². The molecular formula is C33H38N2O4. The van der Waals surface area contributed by atoms with Crippen LogP contribution in [0.15, 0.2) is 78.9 Å². The van der Waals surface area contributed by atoms with Gasteiger partial charge in [0.1, 0.15) is 0 Å². The number of ether oxygens (including phenoxy) is 2. The van der Waals surface area contributed by atoms with Gasteiger partial charge in [-0.2, -0.15) is 0 Å². The molecule has 0 saturated heterocycles. The Morgan fingerprint density at radius 3 is 2.08 bits per heavy atom. The van der Waals surface area contributed by atoms with E-state index in [9.17, 15) is 9.59 Å². The second-order valence-corrected chi connectivity index (χ2v) is 10.2. The summed E-state index contributed by atoms with van der Waals surface area (Å²) in [6.07, 6.45) is 6.75. The van der Waals surface area contributed by atoms with E-state index in [0.29, 0.717) is 6.54 Å². The van der Waals surface area contributed by atoms with Crippen molar-refractivity contribution in [2.75, 3.05) is 38.1 Å². The molecule has 0 bridgehead atoms. The van der Waals surface area contributed by atoms with Crippen LogP contribution in [0, 0.1) is 5.92 Å². The largest absolute Gasteiger partial charge is 0.466 e. The number of hydrogen-bond acceptors (Lipinski definition) is 5. The van der Waals surface area contributed by atoms with E-state index in [-0.39, 0.29) is 17.9 Å². The fourth-order valence-corrected chi connectivity index (χ4v) is 5.03. The fourth-order valence-electron chi connectivity index (χ4n) is 5.03. The third-order valence-corrected chi connectivity index (χ3v) is 7.43. The summed E-state index contributed by atoms with van der Waals surface area (Å²) in [7, 11) is 7.16. The molecule has 1 amide bonds. The molecule has 1 saturated carbocycles. The third-order valence-electron chi connectivity index (χ3n) is 7.43. The van der Waals surface area contributed by atoms with Gasteiger partial charge in [-0.05, 0) is 78.3 Å². The maximum Gasteiger partial charge on any atom is 0.330 e. The summed E-state index contributed by atoms with van der Waals surface area (Å²) < 4.78 is 10.2. The Hall–Kier alpha value is -3.90. The molecule has 0 aromatic heterocycles. The van der Waals surface area contributed by atoms with Crippen LogP contribution < -0.4 is 9.80 Å². The third kappa shape index (κ3) is 7.36. The van der Waals surface area contributed by atoms with Crippen molar-refractivity contribution < 1.29 is 19.1 Å². The molecule has 0 spiro atoms. The minimum absolute atomic E-state index is 0.0415. The molecule has 6 nitrogen and oxygen atoms in total. The Labute approximate surface area is 231 Å². The van der Waals surface area contributed by atoms with E-state index in [4.69, 9.17) is 9.47 Å². The van der Waals surface area contributed by atoms with Gasteiger partial charge in [-0.25, -0.2) is 4.79 Å². The van der Waals surface area contributed by atoms with Crippen LogP contribution in [0.25, 0.3) is 17.2 Å². The molecule has 4 rings (SSSR count). The first-order valence-corrected chi connectivity index (χ1v) is 13.4. The second-order valence-electron chi connectivity index (χ2n) is 10.2. The molecule has 204 valence electrons. The van der Waals surface area contributed by atoms with Gasteiger partial charge in [-0.15, -0.1) is 0 Å². The second kappa shape index (κ2) is 13.3. The van der Waals surface area contributed by atoms with E-state index < -0.39 is 5.97 Å². The number of carbonyl (C=O) groups is 2. The van der Waals surface area contributed by atoms with Gasteiger partial charge in [0.25, 0.3) is 0 Å². The molecule has 0 atom stereocenters. The number of carbonyl (C=O) groups excluding carboxylic acids is 2. The van der Waals surface area contributed by atoms with Crippen LogP contribution in [0.3, 0.4) is 0 Å². The number of rotatable bonds is 9. The van der Waals surface area contributed by atoms with Gasteiger partial charge in [-0.1, -0.05) is 48.5 Å². The van der Waals surface area contributed by atoms with Crippen LogP contribution in [0.5, 0.6) is 0 Å². The Bertz CT molecular complexity index is 1270. The smallest absolute Gasteiger partial charge is 0.330 e. The zero-order valence-corrected chi connectivity index (χ0v) is 23.3. The van der Waals surface area contributed by atoms with Gasteiger partial charge in [0, 0.05) is 44.6 Å². The van der Waals surface area contributed by atoms with E-state index in [1.54, 1.807) is 13.2 Å². The first-order chi connectivity index (χ1) is 18.9. The molecule has 0 heterocycles. The van der Waals surface area contributed by atoms with Crippen LogP contribution in [0.1, 0.15) is 36.8 Å². The van der Waals surface area contributed by atoms with Crippen LogP contribution in [0.2, 0.25) is 0 Å². The molecule has 39 heavy (non-hydrogen) atoms. The Morgan fingerprint density at radius 1 is 0.846 bits per heavy atom. The van der Waals surface area contributed by atoms with Gasteiger partial charge < -0.3 is 19.3 Å². The van der Waals surface area contributed by atoms with Gasteiger partial charge in [0.15, 0.2) is 0 Å². The van der Waals surface area contributed by atoms with Crippen LogP contribution in [0.4, 0.5) is 11.4 Å². The minimum atomic E-state index is -0.417. The van der Waals surface area contributed by atoms with Crippen LogP contribution in [-0.4, -0.2) is 46.3 Å². The number of benzene rings is 3. The number of nitrogens with zero attached hydrogens (tertiary/aromatic N) is 2. The maximum absolute atomic E-state index is 13.9. The van der Waals surface area contributed by atoms with Gasteiger partial charge >= 0.3 is 5.97 Å². The topological polar surface area (TPSA) is 59.1 Å². The number of esters is 1. The average molecular weight is 527 g/mol. The highest BCUT2D eigenvalue weighted by molar-refractivity contribution is 5.95. The van der Waals surface area contributed by atoms with Crippen molar-refractivity contribution in [3.63, 3.8) is 0 Å². The lowest BCUT2D eigenvalue weighted by atomic mass is 9.86. The van der Waals surface area contributed by atoms with Crippen molar-refractivity contribution in [1.29, 1.82) is 0 Å². The lowest BCUT2D eigenvalue weighted by molar-refractivity contribution is -0.134. The minimum Gasteiger partial charge on any atom is -0.466 e. The van der Waals surface area contributed by atoms with Crippen molar-refractivity contribution in [3.05, 3.63) is 90.0 Å². The summed E-state index contributed by atoms with van der Waals surface area (Å²) in [5.74, 6) is -0.332. The van der Waals surface area contributed by atoms with E-state index in [1.165, 1.54) is 13.2 Å². The summed E-state index contributed by atoms with van der Waals surface area (Å²) in [6.45, 7) is 0.465. The van der Waals surface area contributed by atoms with Gasteiger partial charge in [0.2, 0.25) is 5.91 Å². The standard InChI is InChI=1S/C33H38N2O4/c1-34(2)29-17-13-27(14-18-29)26-11-8-25(9-12-26)23-35(33(37)28-15-19-31(38-3)20-16-28)30-7-5-6-24(22-30)10-21-32(36)39-4/h5-14,17-18,21-22,28,31H,15-16,19-20,23H2,1-4H3/b21-10+/t28-,31+. The molecule has 0 unspecified atom stereocenters. The molecule has 1 aliphatic carbocycles. The first kappa shape index (κ1) is 28.1. The lowest BCUT2D eigenvalue weighted by Gasteiger charge is -2.32. The van der Waals surface area contributed by atoms with Crippen LogP contribution >= 0.6 is 0 Å². The zero-order valence-electron chi connectivity index (χ0n) is 23.3. The lowest BCUT2D eigenvalue weighted by Crippen LogP contribution is -2.38. The molecule has 3 aromatic carbocycles. The SMILES string of the molecule is COC(=O)/C=C/c1cccc(N(Cc2ccc(-c3ccc(N(C)C)cc3)cc2)C(=O)[C@H]2CC[C@@H](OC)CC2)c1. The fraction of sp³-hybridized carbons (Fsp3) is 0.333. The average Bonchev–Trinajstić information content (AvgIpc) is 2.98. The molecular weight excluding hydrogens is 488 g/mol. The molecule has 6 heteroatoms. The van der Waals surface area contributed by atoms with Crippen molar-refractivity contribution >= 4 is 29.3 Å². The number of amides is 1. The van der Waals surface area contributed by atoms with Crippen molar-refractivity contribution in [3.8, 4) is 11.1 Å². The van der Waals surface area contributed by atoms with Crippen molar-refractivity contribution in [2.45, 2.75) is 38.3 Å². The summed E-state index contributed by atoms with van der Waals surface area (Å²) in [4.78, 5) is 29.5. The molecule has 1 aliphatic rings. The number of hydrogen-bond donors (Lipinski definition) is 0. The summed E-state index contributed by atoms with van der Waals surface area (Å²) in [5.41, 5.74) is 6.14. The molecule has 0 aliphatic heterocycles. The predicted molar refractivity (Wildman–Crippen MR) is 158 cm³/mol. The van der Waals surface area contributed by atoms with E-state index in [1.807, 2.05) is 43.3 Å². The molecule has 1 fully saturated rings. The molecule has 0 radical (unpaired) electrons. The summed E-state index contributed by atoms with van der Waals surface area (Å²) in [5, 5.41) is 0. The number of anilines is 2.